The maximum atomic E-state index is 10.9. The molecular formula is C11H11BrO3. The number of benzene rings is 1. The number of hydrogen-bond acceptors (Lipinski definition) is 2. The highest BCUT2D eigenvalue weighted by molar-refractivity contribution is 9.10. The van der Waals surface area contributed by atoms with Crippen molar-refractivity contribution in [2.45, 2.75) is 6.42 Å². The second-order valence-electron chi connectivity index (χ2n) is 2.84. The van der Waals surface area contributed by atoms with Crippen LogP contribution in [0.1, 0.15) is 16.8 Å². The molecule has 0 atom stereocenters. The summed E-state index contributed by atoms with van der Waals surface area (Å²) in [6.07, 6.45) is 2.41. The number of aromatic carboxylic acids is 1. The molecule has 0 unspecified atom stereocenters. The zero-order valence-corrected chi connectivity index (χ0v) is 9.66. The van der Waals surface area contributed by atoms with E-state index in [0.717, 1.165) is 0 Å². The monoisotopic (exact) mass is 270 g/mol. The van der Waals surface area contributed by atoms with E-state index in [9.17, 15) is 4.79 Å². The van der Waals surface area contributed by atoms with E-state index < -0.39 is 5.97 Å². The molecule has 0 amide bonds. The van der Waals surface area contributed by atoms with Crippen molar-refractivity contribution in [3.05, 3.63) is 40.9 Å². The van der Waals surface area contributed by atoms with Crippen LogP contribution in [0, 0.1) is 0 Å². The highest BCUT2D eigenvalue weighted by Gasteiger charge is 2.14. The Kier molecular flexibility index (Phi) is 4.37. The fourth-order valence-corrected chi connectivity index (χ4v) is 1.60. The first-order chi connectivity index (χ1) is 7.16. The first-order valence-corrected chi connectivity index (χ1v) is 5.21. The normalized spacial score (nSPS) is 9.67. The van der Waals surface area contributed by atoms with E-state index in [-0.39, 0.29) is 5.56 Å². The lowest BCUT2D eigenvalue weighted by Gasteiger charge is -2.08. The quantitative estimate of drug-likeness (QED) is 0.661. The molecule has 0 heterocycles. The molecule has 80 valence electrons. The van der Waals surface area contributed by atoms with Gasteiger partial charge in [-0.15, -0.1) is 6.58 Å². The van der Waals surface area contributed by atoms with E-state index in [1.807, 2.05) is 0 Å². The highest BCUT2D eigenvalue weighted by atomic mass is 79.9. The Morgan fingerprint density at radius 3 is 2.93 bits per heavy atom. The summed E-state index contributed by atoms with van der Waals surface area (Å²) in [6, 6.07) is 5.04. The average Bonchev–Trinajstić information content (AvgIpc) is 2.17. The summed E-state index contributed by atoms with van der Waals surface area (Å²) in [5.74, 6) is -0.630. The van der Waals surface area contributed by atoms with E-state index in [2.05, 4.69) is 22.5 Å². The van der Waals surface area contributed by atoms with Crippen LogP contribution in [0.5, 0.6) is 5.75 Å². The predicted molar refractivity (Wildman–Crippen MR) is 61.4 cm³/mol. The third-order valence-electron chi connectivity index (χ3n) is 1.77. The summed E-state index contributed by atoms with van der Waals surface area (Å²) in [7, 11) is 0. The Labute approximate surface area is 96.5 Å². The number of rotatable bonds is 5. The average molecular weight is 271 g/mol. The van der Waals surface area contributed by atoms with E-state index in [1.54, 1.807) is 24.3 Å². The first-order valence-electron chi connectivity index (χ1n) is 4.42. The summed E-state index contributed by atoms with van der Waals surface area (Å²) in [6.45, 7) is 3.99. The number of carboxylic acid groups (broad SMARTS) is 1. The SMILES string of the molecule is C=CCCOc1cccc(Br)c1C(=O)O. The van der Waals surface area contributed by atoms with Crippen LogP contribution >= 0.6 is 15.9 Å². The van der Waals surface area contributed by atoms with Gasteiger partial charge in [0.1, 0.15) is 11.3 Å². The molecule has 1 N–H and O–H groups in total. The zero-order valence-electron chi connectivity index (χ0n) is 8.07. The van der Waals surface area contributed by atoms with Crippen LogP contribution in [0.4, 0.5) is 0 Å². The Morgan fingerprint density at radius 1 is 1.60 bits per heavy atom. The van der Waals surface area contributed by atoms with Crippen molar-refractivity contribution < 1.29 is 14.6 Å². The van der Waals surface area contributed by atoms with Gasteiger partial charge in [0.05, 0.1) is 6.61 Å². The molecule has 0 aliphatic rings. The molecule has 0 aliphatic heterocycles. The van der Waals surface area contributed by atoms with Crippen LogP contribution < -0.4 is 4.74 Å². The van der Waals surface area contributed by atoms with Crippen LogP contribution in [0.3, 0.4) is 0 Å². The topological polar surface area (TPSA) is 46.5 Å². The van der Waals surface area contributed by atoms with Gasteiger partial charge in [-0.1, -0.05) is 12.1 Å². The van der Waals surface area contributed by atoms with Gasteiger partial charge in [0.25, 0.3) is 0 Å². The zero-order chi connectivity index (χ0) is 11.3. The largest absolute Gasteiger partial charge is 0.492 e. The minimum Gasteiger partial charge on any atom is -0.492 e. The van der Waals surface area contributed by atoms with E-state index in [4.69, 9.17) is 9.84 Å². The maximum absolute atomic E-state index is 10.9. The Morgan fingerprint density at radius 2 is 2.33 bits per heavy atom. The lowest BCUT2D eigenvalue weighted by molar-refractivity contribution is 0.0691. The highest BCUT2D eigenvalue weighted by Crippen LogP contribution is 2.26. The third kappa shape index (κ3) is 3.09. The molecule has 1 rings (SSSR count). The first kappa shape index (κ1) is 11.8. The standard InChI is InChI=1S/C11H11BrO3/c1-2-3-7-15-9-6-4-5-8(12)10(9)11(13)14/h2,4-6H,1,3,7H2,(H,13,14). The summed E-state index contributed by atoms with van der Waals surface area (Å²) < 4.78 is 5.86. The second-order valence-corrected chi connectivity index (χ2v) is 3.70. The number of carboxylic acids is 1. The molecular weight excluding hydrogens is 260 g/mol. The Bertz CT molecular complexity index is 374. The van der Waals surface area contributed by atoms with Crippen molar-refractivity contribution in [1.29, 1.82) is 0 Å². The van der Waals surface area contributed by atoms with Gasteiger partial charge in [0, 0.05) is 4.47 Å². The van der Waals surface area contributed by atoms with Gasteiger partial charge in [0.2, 0.25) is 0 Å². The lowest BCUT2D eigenvalue weighted by Crippen LogP contribution is -2.04. The van der Waals surface area contributed by atoms with Gasteiger partial charge in [0.15, 0.2) is 0 Å². The van der Waals surface area contributed by atoms with Crippen molar-refractivity contribution in [3.63, 3.8) is 0 Å². The fraction of sp³-hybridized carbons (Fsp3) is 0.182. The van der Waals surface area contributed by atoms with Crippen LogP contribution in [0.2, 0.25) is 0 Å². The van der Waals surface area contributed by atoms with Crippen LogP contribution in [-0.2, 0) is 0 Å². The number of carbonyl (C=O) groups is 1. The van der Waals surface area contributed by atoms with Gasteiger partial charge in [-0.05, 0) is 34.5 Å². The van der Waals surface area contributed by atoms with Gasteiger partial charge in [-0.25, -0.2) is 4.79 Å². The molecule has 0 radical (unpaired) electrons. The molecule has 15 heavy (non-hydrogen) atoms. The maximum Gasteiger partial charge on any atom is 0.340 e. The van der Waals surface area contributed by atoms with Gasteiger partial charge >= 0.3 is 5.97 Å². The summed E-state index contributed by atoms with van der Waals surface area (Å²) in [5.41, 5.74) is 0.154. The van der Waals surface area contributed by atoms with Crippen molar-refractivity contribution in [3.8, 4) is 5.75 Å². The summed E-state index contributed by atoms with van der Waals surface area (Å²) >= 11 is 3.18. The van der Waals surface area contributed by atoms with E-state index >= 15 is 0 Å². The van der Waals surface area contributed by atoms with Crippen LogP contribution in [-0.4, -0.2) is 17.7 Å². The molecule has 0 fully saturated rings. The van der Waals surface area contributed by atoms with Crippen molar-refractivity contribution in [1.82, 2.24) is 0 Å². The number of ether oxygens (including phenoxy) is 1. The van der Waals surface area contributed by atoms with Crippen molar-refractivity contribution in [2.75, 3.05) is 6.61 Å². The fourth-order valence-electron chi connectivity index (χ4n) is 1.08. The molecule has 3 nitrogen and oxygen atoms in total. The summed E-state index contributed by atoms with van der Waals surface area (Å²) in [5, 5.41) is 8.97. The number of halogens is 1. The molecule has 1 aromatic rings. The second kappa shape index (κ2) is 5.56. The van der Waals surface area contributed by atoms with Crippen molar-refractivity contribution in [2.24, 2.45) is 0 Å². The third-order valence-corrected chi connectivity index (χ3v) is 2.43. The van der Waals surface area contributed by atoms with Gasteiger partial charge in [-0.2, -0.15) is 0 Å². The van der Waals surface area contributed by atoms with Crippen molar-refractivity contribution >= 4 is 21.9 Å². The molecule has 0 saturated carbocycles. The molecule has 0 aliphatic carbocycles. The predicted octanol–water partition coefficient (Wildman–Crippen LogP) is 3.10. The minimum atomic E-state index is -1.00. The van der Waals surface area contributed by atoms with Gasteiger partial charge < -0.3 is 9.84 Å². The molecule has 0 saturated heterocycles. The molecule has 0 aromatic heterocycles. The van der Waals surface area contributed by atoms with E-state index in [0.29, 0.717) is 23.2 Å². The smallest absolute Gasteiger partial charge is 0.340 e. The molecule has 4 heteroatoms. The van der Waals surface area contributed by atoms with Crippen LogP contribution in [0.15, 0.2) is 35.3 Å². The molecule has 0 spiro atoms. The Hall–Kier alpha value is -1.29. The lowest BCUT2D eigenvalue weighted by atomic mass is 10.2. The molecule has 0 bridgehead atoms. The number of hydrogen-bond donors (Lipinski definition) is 1. The summed E-state index contributed by atoms with van der Waals surface area (Å²) in [4.78, 5) is 10.9. The van der Waals surface area contributed by atoms with Gasteiger partial charge in [-0.3, -0.25) is 0 Å². The van der Waals surface area contributed by atoms with Crippen LogP contribution in [0.25, 0.3) is 0 Å². The molecule has 1 aromatic carbocycles. The minimum absolute atomic E-state index is 0.154. The van der Waals surface area contributed by atoms with E-state index in [1.165, 1.54) is 0 Å². The Balaban J connectivity index is 2.90.